The molecule has 7 nitrogen and oxygen atoms in total. The van der Waals surface area contributed by atoms with Crippen molar-refractivity contribution in [3.63, 3.8) is 0 Å². The van der Waals surface area contributed by atoms with Crippen molar-refractivity contribution in [1.29, 1.82) is 0 Å². The van der Waals surface area contributed by atoms with Gasteiger partial charge in [-0.1, -0.05) is 0 Å². The van der Waals surface area contributed by atoms with Gasteiger partial charge in [-0.2, -0.15) is 5.10 Å². The fourth-order valence-electron chi connectivity index (χ4n) is 3.25. The van der Waals surface area contributed by atoms with E-state index >= 15 is 0 Å². The van der Waals surface area contributed by atoms with Gasteiger partial charge >= 0.3 is 0 Å². The van der Waals surface area contributed by atoms with Crippen LogP contribution in [0.5, 0.6) is 0 Å². The van der Waals surface area contributed by atoms with Crippen molar-refractivity contribution in [3.05, 3.63) is 60.2 Å². The number of aromatic nitrogens is 4. The van der Waals surface area contributed by atoms with Crippen LogP contribution in [0.25, 0.3) is 11.4 Å². The highest BCUT2D eigenvalue weighted by Gasteiger charge is 2.12. The maximum absolute atomic E-state index is 12.4. The van der Waals surface area contributed by atoms with Crippen molar-refractivity contribution in [1.82, 2.24) is 25.5 Å². The minimum Gasteiger partial charge on any atom is -0.372 e. The van der Waals surface area contributed by atoms with Crippen LogP contribution in [0, 0.1) is 0 Å². The molecule has 3 heterocycles. The molecule has 1 fully saturated rings. The molecule has 4 rings (SSSR count). The number of nitrogens with zero attached hydrogens (tertiary/aromatic N) is 4. The molecule has 2 aromatic heterocycles. The Morgan fingerprint density at radius 3 is 2.52 bits per heavy atom. The van der Waals surface area contributed by atoms with Gasteiger partial charge in [-0.05, 0) is 55.7 Å². The van der Waals surface area contributed by atoms with Crippen LogP contribution in [0.4, 0.5) is 5.69 Å². The Hall–Kier alpha value is -3.22. The molecule has 27 heavy (non-hydrogen) atoms. The van der Waals surface area contributed by atoms with Gasteiger partial charge in [0.15, 0.2) is 5.82 Å². The maximum Gasteiger partial charge on any atom is 0.251 e. The van der Waals surface area contributed by atoms with Crippen LogP contribution in [-0.2, 0) is 6.54 Å². The minimum atomic E-state index is -0.123. The minimum absolute atomic E-state index is 0.123. The molecule has 0 radical (unpaired) electrons. The molecule has 2 N–H and O–H groups in total. The van der Waals surface area contributed by atoms with Crippen LogP contribution < -0.4 is 10.2 Å². The highest BCUT2D eigenvalue weighted by molar-refractivity contribution is 5.94. The molecule has 1 aromatic carbocycles. The van der Waals surface area contributed by atoms with Crippen molar-refractivity contribution in [2.75, 3.05) is 18.0 Å². The van der Waals surface area contributed by atoms with Gasteiger partial charge in [0, 0.05) is 42.3 Å². The Bertz CT molecular complexity index is 884. The molecule has 0 bridgehead atoms. The highest BCUT2D eigenvalue weighted by atomic mass is 16.1. The van der Waals surface area contributed by atoms with E-state index in [0.717, 1.165) is 18.7 Å². The summed E-state index contributed by atoms with van der Waals surface area (Å²) in [6.45, 7) is 2.48. The quantitative estimate of drug-likeness (QED) is 0.729. The number of pyridine rings is 1. The molecule has 0 spiro atoms. The molecule has 0 unspecified atom stereocenters. The molecule has 138 valence electrons. The molecule has 0 aliphatic carbocycles. The fourth-order valence-corrected chi connectivity index (χ4v) is 3.25. The van der Waals surface area contributed by atoms with Gasteiger partial charge in [0.2, 0.25) is 0 Å². The molecular weight excluding hydrogens is 340 g/mol. The summed E-state index contributed by atoms with van der Waals surface area (Å²) in [5.74, 6) is 1.08. The summed E-state index contributed by atoms with van der Waals surface area (Å²) in [6, 6.07) is 11.5. The number of hydrogen-bond donors (Lipinski definition) is 2. The molecule has 3 aromatic rings. The largest absolute Gasteiger partial charge is 0.372 e. The third-order valence-corrected chi connectivity index (χ3v) is 4.74. The number of carbonyl (C=O) groups excluding carboxylic acids is 1. The van der Waals surface area contributed by atoms with Crippen molar-refractivity contribution < 1.29 is 4.79 Å². The Labute approximate surface area is 157 Å². The second-order valence-electron chi connectivity index (χ2n) is 6.62. The number of H-pyrrole nitrogens is 1. The summed E-state index contributed by atoms with van der Waals surface area (Å²) in [4.78, 5) is 23.1. The highest BCUT2D eigenvalue weighted by Crippen LogP contribution is 2.20. The van der Waals surface area contributed by atoms with Crippen LogP contribution in [0.1, 0.15) is 35.4 Å². The first-order chi connectivity index (χ1) is 13.3. The standard InChI is InChI=1S/C20H22N6O/c27-20(16-4-6-17(7-5-16)26-12-2-1-3-13-26)22-14-18-23-19(25-24-18)15-8-10-21-11-9-15/h4-11H,1-3,12-14H2,(H,22,27)(H,23,24,25). The second kappa shape index (κ2) is 7.99. The maximum atomic E-state index is 12.4. The first-order valence-corrected chi connectivity index (χ1v) is 9.24. The van der Waals surface area contributed by atoms with E-state index in [1.807, 2.05) is 36.4 Å². The Kier molecular flexibility index (Phi) is 5.09. The van der Waals surface area contributed by atoms with E-state index < -0.39 is 0 Å². The third kappa shape index (κ3) is 4.13. The lowest BCUT2D eigenvalue weighted by atomic mass is 10.1. The van der Waals surface area contributed by atoms with E-state index in [-0.39, 0.29) is 5.91 Å². The van der Waals surface area contributed by atoms with E-state index in [1.54, 1.807) is 12.4 Å². The van der Waals surface area contributed by atoms with Crippen LogP contribution in [0.15, 0.2) is 48.8 Å². The SMILES string of the molecule is O=C(NCc1nc(-c2ccncc2)n[nH]1)c1ccc(N2CCCCC2)cc1. The second-order valence-corrected chi connectivity index (χ2v) is 6.62. The van der Waals surface area contributed by atoms with E-state index in [2.05, 4.69) is 30.4 Å². The summed E-state index contributed by atoms with van der Waals surface area (Å²) in [5.41, 5.74) is 2.71. The molecule has 0 atom stereocenters. The van der Waals surface area contributed by atoms with E-state index in [0.29, 0.717) is 23.8 Å². The number of nitrogens with one attached hydrogen (secondary N) is 2. The average Bonchev–Trinajstić information content (AvgIpc) is 3.22. The molecule has 1 saturated heterocycles. The molecule has 1 aliphatic heterocycles. The fraction of sp³-hybridized carbons (Fsp3) is 0.300. The Balaban J connectivity index is 1.35. The Morgan fingerprint density at radius 2 is 1.78 bits per heavy atom. The number of anilines is 1. The lowest BCUT2D eigenvalue weighted by Gasteiger charge is -2.28. The molecule has 1 aliphatic rings. The smallest absolute Gasteiger partial charge is 0.251 e. The lowest BCUT2D eigenvalue weighted by Crippen LogP contribution is -2.29. The number of carbonyl (C=O) groups is 1. The van der Waals surface area contributed by atoms with E-state index in [1.165, 1.54) is 24.9 Å². The van der Waals surface area contributed by atoms with Crippen molar-refractivity contribution in [2.45, 2.75) is 25.8 Å². The number of hydrogen-bond acceptors (Lipinski definition) is 5. The van der Waals surface area contributed by atoms with E-state index in [9.17, 15) is 4.79 Å². The molecule has 1 amide bonds. The lowest BCUT2D eigenvalue weighted by molar-refractivity contribution is 0.0950. The van der Waals surface area contributed by atoms with Gasteiger partial charge in [0.25, 0.3) is 5.91 Å². The zero-order valence-corrected chi connectivity index (χ0v) is 15.1. The topological polar surface area (TPSA) is 86.8 Å². The molecule has 7 heteroatoms. The Morgan fingerprint density at radius 1 is 1.04 bits per heavy atom. The number of piperidine rings is 1. The number of aromatic amines is 1. The summed E-state index contributed by atoms with van der Waals surface area (Å²) in [7, 11) is 0. The van der Waals surface area contributed by atoms with Gasteiger partial charge in [-0.3, -0.25) is 14.9 Å². The van der Waals surface area contributed by atoms with E-state index in [4.69, 9.17) is 0 Å². The number of rotatable bonds is 5. The first kappa shape index (κ1) is 17.2. The van der Waals surface area contributed by atoms with Crippen LogP contribution >= 0.6 is 0 Å². The summed E-state index contributed by atoms with van der Waals surface area (Å²) < 4.78 is 0. The third-order valence-electron chi connectivity index (χ3n) is 4.74. The predicted octanol–water partition coefficient (Wildman–Crippen LogP) is 2.79. The summed E-state index contributed by atoms with van der Waals surface area (Å²) in [6.07, 6.45) is 7.17. The zero-order valence-electron chi connectivity index (χ0n) is 15.1. The summed E-state index contributed by atoms with van der Waals surface area (Å²) >= 11 is 0. The average molecular weight is 362 g/mol. The first-order valence-electron chi connectivity index (χ1n) is 9.24. The number of benzene rings is 1. The monoisotopic (exact) mass is 362 g/mol. The van der Waals surface area contributed by atoms with Gasteiger partial charge in [0.05, 0.1) is 6.54 Å². The summed E-state index contributed by atoms with van der Waals surface area (Å²) in [5, 5.41) is 9.92. The molecular formula is C20H22N6O. The van der Waals surface area contributed by atoms with Crippen LogP contribution in [0.3, 0.4) is 0 Å². The molecule has 0 saturated carbocycles. The zero-order chi connectivity index (χ0) is 18.5. The normalized spacial score (nSPS) is 14.1. The van der Waals surface area contributed by atoms with Crippen molar-refractivity contribution in [3.8, 4) is 11.4 Å². The van der Waals surface area contributed by atoms with Gasteiger partial charge in [-0.25, -0.2) is 4.98 Å². The van der Waals surface area contributed by atoms with Crippen LogP contribution in [0.2, 0.25) is 0 Å². The number of amides is 1. The van der Waals surface area contributed by atoms with Crippen molar-refractivity contribution in [2.24, 2.45) is 0 Å². The van der Waals surface area contributed by atoms with Gasteiger partial charge in [-0.15, -0.1) is 0 Å². The van der Waals surface area contributed by atoms with Crippen LogP contribution in [-0.4, -0.2) is 39.2 Å². The predicted molar refractivity (Wildman–Crippen MR) is 103 cm³/mol. The van der Waals surface area contributed by atoms with Gasteiger partial charge in [0.1, 0.15) is 5.82 Å². The van der Waals surface area contributed by atoms with Gasteiger partial charge < -0.3 is 10.2 Å². The van der Waals surface area contributed by atoms with Crippen molar-refractivity contribution >= 4 is 11.6 Å².